The van der Waals surface area contributed by atoms with Crippen LogP contribution in [0.5, 0.6) is 0 Å². The van der Waals surface area contributed by atoms with Gasteiger partial charge >= 0.3 is 0 Å². The van der Waals surface area contributed by atoms with Crippen molar-refractivity contribution in [3.05, 3.63) is 60.2 Å². The van der Waals surface area contributed by atoms with E-state index in [2.05, 4.69) is 0 Å². The minimum Gasteiger partial charge on any atom is -0.343 e. The van der Waals surface area contributed by atoms with E-state index in [-0.39, 0.29) is 11.7 Å². The quantitative estimate of drug-likeness (QED) is 0.762. The van der Waals surface area contributed by atoms with Crippen molar-refractivity contribution in [2.24, 2.45) is 5.92 Å². The first-order valence-corrected chi connectivity index (χ1v) is 6.28. The van der Waals surface area contributed by atoms with Crippen molar-refractivity contribution in [3.8, 4) is 0 Å². The first kappa shape index (κ1) is 13.7. The second-order valence-electron chi connectivity index (χ2n) is 4.41. The molecule has 0 saturated carbocycles. The van der Waals surface area contributed by atoms with Gasteiger partial charge in [0, 0.05) is 25.7 Å². The molecule has 0 amide bonds. The summed E-state index contributed by atoms with van der Waals surface area (Å²) in [4.78, 5) is 12.7. The van der Waals surface area contributed by atoms with Crippen LogP contribution in [0.25, 0.3) is 0 Å². The molecule has 0 aromatic heterocycles. The molecule has 0 spiro atoms. The van der Waals surface area contributed by atoms with Crippen molar-refractivity contribution in [2.45, 2.75) is 12.2 Å². The van der Waals surface area contributed by atoms with Gasteiger partial charge in [0.25, 0.3) is 5.79 Å². The first-order chi connectivity index (χ1) is 9.24. The van der Waals surface area contributed by atoms with Gasteiger partial charge in [-0.2, -0.15) is 0 Å². The summed E-state index contributed by atoms with van der Waals surface area (Å²) < 4.78 is 10.9. The van der Waals surface area contributed by atoms with Crippen LogP contribution in [0.4, 0.5) is 0 Å². The van der Waals surface area contributed by atoms with Crippen LogP contribution in [0.1, 0.15) is 12.0 Å². The molecular weight excluding hydrogens is 240 g/mol. The van der Waals surface area contributed by atoms with Crippen molar-refractivity contribution in [3.63, 3.8) is 0 Å². The minimum atomic E-state index is -1.33. The van der Waals surface area contributed by atoms with Crippen LogP contribution in [-0.2, 0) is 20.1 Å². The summed E-state index contributed by atoms with van der Waals surface area (Å²) in [5, 5.41) is 0. The number of methoxy groups -OCH3 is 2. The van der Waals surface area contributed by atoms with Crippen molar-refractivity contribution < 1.29 is 14.3 Å². The van der Waals surface area contributed by atoms with E-state index in [0.29, 0.717) is 12.0 Å². The number of rotatable bonds is 5. The lowest BCUT2D eigenvalue weighted by atomic mass is 9.87. The maximum absolute atomic E-state index is 12.7. The topological polar surface area (TPSA) is 35.5 Å². The molecule has 100 valence electrons. The summed E-state index contributed by atoms with van der Waals surface area (Å²) in [6, 6.07) is 9.31. The summed E-state index contributed by atoms with van der Waals surface area (Å²) in [7, 11) is 2.99. The van der Waals surface area contributed by atoms with Crippen LogP contribution in [0.15, 0.2) is 54.6 Å². The number of carbonyl (C=O) groups excluding carboxylic acids is 1. The molecule has 0 N–H and O–H groups in total. The van der Waals surface area contributed by atoms with Crippen LogP contribution >= 0.6 is 0 Å². The van der Waals surface area contributed by atoms with Gasteiger partial charge in [-0.3, -0.25) is 4.79 Å². The van der Waals surface area contributed by atoms with Crippen molar-refractivity contribution >= 4 is 5.78 Å². The van der Waals surface area contributed by atoms with Crippen LogP contribution in [0.3, 0.4) is 0 Å². The van der Waals surface area contributed by atoms with E-state index in [1.54, 1.807) is 0 Å². The highest BCUT2D eigenvalue weighted by atomic mass is 16.7. The smallest absolute Gasteiger partial charge is 0.256 e. The zero-order chi connectivity index (χ0) is 13.7. The summed E-state index contributed by atoms with van der Waals surface area (Å²) in [6.07, 6.45) is 8.36. The number of carbonyl (C=O) groups is 1. The third-order valence-corrected chi connectivity index (χ3v) is 3.37. The van der Waals surface area contributed by atoms with E-state index >= 15 is 0 Å². The molecule has 19 heavy (non-hydrogen) atoms. The Kier molecular flexibility index (Phi) is 4.30. The van der Waals surface area contributed by atoms with E-state index in [1.165, 1.54) is 14.2 Å². The lowest BCUT2D eigenvalue weighted by Gasteiger charge is -2.32. The third-order valence-electron chi connectivity index (χ3n) is 3.37. The van der Waals surface area contributed by atoms with Gasteiger partial charge in [0.15, 0.2) is 0 Å². The predicted octanol–water partition coefficient (Wildman–Crippen LogP) is 2.83. The van der Waals surface area contributed by atoms with Crippen LogP contribution < -0.4 is 0 Å². The molecule has 0 aliphatic heterocycles. The number of allylic oxidation sites excluding steroid dienone is 4. The Bertz CT molecular complexity index is 484. The average Bonchev–Trinajstić information content (AvgIpc) is 2.51. The summed E-state index contributed by atoms with van der Waals surface area (Å²) in [5.74, 6) is -1.63. The molecule has 1 aromatic rings. The van der Waals surface area contributed by atoms with E-state index in [1.807, 2.05) is 54.6 Å². The molecule has 1 unspecified atom stereocenters. The SMILES string of the molecule is COC(OC)(C(=O)C1C=CC=CC1)c1ccccc1. The highest BCUT2D eigenvalue weighted by Gasteiger charge is 2.43. The molecule has 0 fully saturated rings. The molecule has 1 atom stereocenters. The molecular formula is C16H18O3. The van der Waals surface area contributed by atoms with Crippen molar-refractivity contribution in [2.75, 3.05) is 14.2 Å². The van der Waals surface area contributed by atoms with E-state index in [0.717, 1.165) is 0 Å². The number of ether oxygens (including phenoxy) is 2. The molecule has 0 radical (unpaired) electrons. The van der Waals surface area contributed by atoms with Gasteiger partial charge in [-0.05, 0) is 6.42 Å². The fraction of sp³-hybridized carbons (Fsp3) is 0.312. The number of Topliss-reactive ketones (excluding diaryl/α,β-unsaturated/α-hetero) is 1. The fourth-order valence-electron chi connectivity index (χ4n) is 2.34. The van der Waals surface area contributed by atoms with Gasteiger partial charge in [0.1, 0.15) is 0 Å². The number of hydrogen-bond acceptors (Lipinski definition) is 3. The van der Waals surface area contributed by atoms with Gasteiger partial charge < -0.3 is 9.47 Å². The lowest BCUT2D eigenvalue weighted by molar-refractivity contribution is -0.215. The standard InChI is InChI=1S/C16H18O3/c1-18-16(19-2,14-11-7-4-8-12-14)15(17)13-9-5-3-6-10-13/h3-9,11-13H,10H2,1-2H3. The first-order valence-electron chi connectivity index (χ1n) is 6.28. The molecule has 2 rings (SSSR count). The van der Waals surface area contributed by atoms with Crippen LogP contribution in [0.2, 0.25) is 0 Å². The summed E-state index contributed by atoms with van der Waals surface area (Å²) >= 11 is 0. The molecule has 3 nitrogen and oxygen atoms in total. The second-order valence-corrected chi connectivity index (χ2v) is 4.41. The van der Waals surface area contributed by atoms with Crippen molar-refractivity contribution in [1.29, 1.82) is 0 Å². The molecule has 3 heteroatoms. The molecule has 0 heterocycles. The Balaban J connectivity index is 2.36. The molecule has 0 saturated heterocycles. The molecule has 1 aliphatic rings. The Morgan fingerprint density at radius 3 is 2.37 bits per heavy atom. The zero-order valence-electron chi connectivity index (χ0n) is 11.2. The summed E-state index contributed by atoms with van der Waals surface area (Å²) in [6.45, 7) is 0. The highest BCUT2D eigenvalue weighted by Crippen LogP contribution is 2.32. The fourth-order valence-corrected chi connectivity index (χ4v) is 2.34. The Morgan fingerprint density at radius 1 is 1.16 bits per heavy atom. The molecule has 1 aliphatic carbocycles. The highest BCUT2D eigenvalue weighted by molar-refractivity contribution is 5.91. The van der Waals surface area contributed by atoms with Gasteiger partial charge in [-0.15, -0.1) is 0 Å². The van der Waals surface area contributed by atoms with E-state index in [4.69, 9.17) is 9.47 Å². The lowest BCUT2D eigenvalue weighted by Crippen LogP contribution is -2.43. The predicted molar refractivity (Wildman–Crippen MR) is 73.5 cm³/mol. The maximum atomic E-state index is 12.7. The maximum Gasteiger partial charge on any atom is 0.256 e. The van der Waals surface area contributed by atoms with Crippen molar-refractivity contribution in [1.82, 2.24) is 0 Å². The zero-order valence-corrected chi connectivity index (χ0v) is 11.2. The summed E-state index contributed by atoms with van der Waals surface area (Å²) in [5.41, 5.74) is 0.716. The number of benzene rings is 1. The van der Waals surface area contributed by atoms with Crippen LogP contribution in [-0.4, -0.2) is 20.0 Å². The van der Waals surface area contributed by atoms with Gasteiger partial charge in [-0.25, -0.2) is 0 Å². The minimum absolute atomic E-state index is 0.0794. The van der Waals surface area contributed by atoms with E-state index in [9.17, 15) is 4.79 Å². The normalized spacial score (nSPS) is 18.5. The van der Waals surface area contributed by atoms with Crippen LogP contribution in [0, 0.1) is 5.92 Å². The average molecular weight is 258 g/mol. The molecule has 0 bridgehead atoms. The Labute approximate surface area is 113 Å². The number of hydrogen-bond donors (Lipinski definition) is 0. The van der Waals surface area contributed by atoms with Gasteiger partial charge in [0.2, 0.25) is 5.78 Å². The second kappa shape index (κ2) is 5.95. The Morgan fingerprint density at radius 2 is 1.84 bits per heavy atom. The van der Waals surface area contributed by atoms with E-state index < -0.39 is 5.79 Å². The molecule has 1 aromatic carbocycles. The monoisotopic (exact) mass is 258 g/mol. The van der Waals surface area contributed by atoms with Gasteiger partial charge in [-0.1, -0.05) is 54.6 Å². The van der Waals surface area contributed by atoms with Gasteiger partial charge in [0.05, 0.1) is 0 Å². The third kappa shape index (κ3) is 2.53. The largest absolute Gasteiger partial charge is 0.343 e. The Hall–Kier alpha value is -1.71. The number of ketones is 1.